The third-order valence-corrected chi connectivity index (χ3v) is 5.35. The minimum Gasteiger partial charge on any atom is -0.337 e. The maximum atomic E-state index is 4.90. The van der Waals surface area contributed by atoms with Gasteiger partial charge in [-0.2, -0.15) is 0 Å². The highest BCUT2D eigenvalue weighted by Gasteiger charge is 2.13. The standard InChI is InChI=1S/C23H17N5/c1-2-15-6-7-20(11-16(15)3-1)26-22-23-25-8-9-28(23)14-21(27-22)17-4-5-18-12-24-13-19(18)10-17/h1,3-12,14H,2,13H2,(H,26,27). The summed E-state index contributed by atoms with van der Waals surface area (Å²) in [4.78, 5) is 13.7. The Kier molecular flexibility index (Phi) is 3.23. The fourth-order valence-corrected chi connectivity index (χ4v) is 3.89. The largest absolute Gasteiger partial charge is 0.337 e. The Morgan fingerprint density at radius 3 is 3.00 bits per heavy atom. The molecule has 2 aromatic heterocycles. The molecule has 4 aromatic rings. The van der Waals surface area contributed by atoms with Crippen molar-refractivity contribution in [2.75, 3.05) is 5.32 Å². The second-order valence-corrected chi connectivity index (χ2v) is 7.16. The number of imidazole rings is 1. The quantitative estimate of drug-likeness (QED) is 0.577. The highest BCUT2D eigenvalue weighted by Crippen LogP contribution is 2.29. The zero-order valence-corrected chi connectivity index (χ0v) is 15.1. The number of nitrogens with one attached hydrogen (secondary N) is 1. The van der Waals surface area contributed by atoms with E-state index in [0.717, 1.165) is 41.4 Å². The molecular weight excluding hydrogens is 346 g/mol. The van der Waals surface area contributed by atoms with Crippen LogP contribution >= 0.6 is 0 Å². The molecule has 0 amide bonds. The van der Waals surface area contributed by atoms with Gasteiger partial charge in [-0.3, -0.25) is 4.99 Å². The molecular formula is C23H17N5. The Morgan fingerprint density at radius 2 is 2.00 bits per heavy atom. The average Bonchev–Trinajstić information content (AvgIpc) is 3.46. The van der Waals surface area contributed by atoms with E-state index in [1.165, 1.54) is 22.3 Å². The predicted octanol–water partition coefficient (Wildman–Crippen LogP) is 4.64. The first-order valence-electron chi connectivity index (χ1n) is 9.37. The first-order chi connectivity index (χ1) is 13.8. The van der Waals surface area contributed by atoms with Gasteiger partial charge in [0.05, 0.1) is 12.2 Å². The summed E-state index contributed by atoms with van der Waals surface area (Å²) in [6.45, 7) is 0.740. The van der Waals surface area contributed by atoms with E-state index in [1.807, 2.05) is 23.0 Å². The number of aliphatic imine (C=N–C) groups is 1. The predicted molar refractivity (Wildman–Crippen MR) is 112 cm³/mol. The van der Waals surface area contributed by atoms with Gasteiger partial charge in [-0.1, -0.05) is 30.4 Å². The van der Waals surface area contributed by atoms with Gasteiger partial charge in [-0.05, 0) is 46.9 Å². The number of nitrogens with zero attached hydrogens (tertiary/aromatic N) is 4. The van der Waals surface area contributed by atoms with Crippen LogP contribution in [0.1, 0.15) is 22.3 Å². The Hall–Kier alpha value is -3.73. The molecule has 5 heteroatoms. The van der Waals surface area contributed by atoms with Crippen LogP contribution in [-0.4, -0.2) is 20.6 Å². The number of aromatic nitrogens is 3. The van der Waals surface area contributed by atoms with Crippen LogP contribution in [0.3, 0.4) is 0 Å². The summed E-state index contributed by atoms with van der Waals surface area (Å²) in [6.07, 6.45) is 13.1. The van der Waals surface area contributed by atoms with Crippen LogP contribution in [0.15, 0.2) is 66.1 Å². The molecule has 1 aliphatic heterocycles. The van der Waals surface area contributed by atoms with Gasteiger partial charge in [-0.15, -0.1) is 0 Å². The van der Waals surface area contributed by atoms with E-state index in [1.54, 1.807) is 6.20 Å². The van der Waals surface area contributed by atoms with Gasteiger partial charge in [-0.25, -0.2) is 9.97 Å². The van der Waals surface area contributed by atoms with Crippen molar-refractivity contribution in [3.63, 3.8) is 0 Å². The first-order valence-corrected chi connectivity index (χ1v) is 9.37. The van der Waals surface area contributed by atoms with Crippen molar-refractivity contribution in [1.29, 1.82) is 0 Å². The molecule has 3 heterocycles. The van der Waals surface area contributed by atoms with Crippen molar-refractivity contribution in [3.05, 3.63) is 83.3 Å². The minimum atomic E-state index is 0.740. The molecule has 0 radical (unpaired) electrons. The monoisotopic (exact) mass is 363 g/mol. The van der Waals surface area contributed by atoms with Gasteiger partial charge in [0, 0.05) is 36.1 Å². The topological polar surface area (TPSA) is 54.6 Å². The third kappa shape index (κ3) is 2.44. The highest BCUT2D eigenvalue weighted by molar-refractivity contribution is 5.86. The summed E-state index contributed by atoms with van der Waals surface area (Å²) in [6, 6.07) is 12.8. The molecule has 1 N–H and O–H groups in total. The molecule has 0 saturated heterocycles. The maximum absolute atomic E-state index is 4.90. The number of benzene rings is 2. The number of allylic oxidation sites excluding steroid dienone is 1. The summed E-state index contributed by atoms with van der Waals surface area (Å²) < 4.78 is 2.02. The second-order valence-electron chi connectivity index (χ2n) is 7.16. The molecule has 0 spiro atoms. The smallest absolute Gasteiger partial charge is 0.180 e. The van der Waals surface area contributed by atoms with Crippen LogP contribution in [0, 0.1) is 0 Å². The Balaban J connectivity index is 1.44. The second kappa shape index (κ2) is 5.89. The van der Waals surface area contributed by atoms with Crippen molar-refractivity contribution in [2.24, 2.45) is 4.99 Å². The van der Waals surface area contributed by atoms with Gasteiger partial charge in [0.15, 0.2) is 11.5 Å². The lowest BCUT2D eigenvalue weighted by Crippen LogP contribution is -2.01. The van der Waals surface area contributed by atoms with E-state index < -0.39 is 0 Å². The molecule has 0 atom stereocenters. The van der Waals surface area contributed by atoms with E-state index in [9.17, 15) is 0 Å². The SMILES string of the molecule is C1=Cc2cc(Nc3nc(-c4ccc5c(c4)CN=C5)cn4ccnc34)ccc2C1. The number of rotatable bonds is 3. The maximum Gasteiger partial charge on any atom is 0.180 e. The third-order valence-electron chi connectivity index (χ3n) is 5.35. The van der Waals surface area contributed by atoms with Gasteiger partial charge in [0.1, 0.15) is 0 Å². The van der Waals surface area contributed by atoms with E-state index in [0.29, 0.717) is 0 Å². The highest BCUT2D eigenvalue weighted by atomic mass is 15.1. The Morgan fingerprint density at radius 1 is 1.00 bits per heavy atom. The van der Waals surface area contributed by atoms with Gasteiger partial charge in [0.2, 0.25) is 0 Å². The molecule has 0 unspecified atom stereocenters. The zero-order chi connectivity index (χ0) is 18.5. The normalized spacial score (nSPS) is 13.9. The Labute approximate surface area is 162 Å². The van der Waals surface area contributed by atoms with Crippen LogP contribution < -0.4 is 5.32 Å². The summed E-state index contributed by atoms with van der Waals surface area (Å²) in [5.41, 5.74) is 8.87. The first kappa shape index (κ1) is 15.3. The van der Waals surface area contributed by atoms with Crippen LogP contribution in [0.2, 0.25) is 0 Å². The van der Waals surface area contributed by atoms with Crippen molar-refractivity contribution >= 4 is 29.4 Å². The summed E-state index contributed by atoms with van der Waals surface area (Å²) >= 11 is 0. The molecule has 0 fully saturated rings. The van der Waals surface area contributed by atoms with Crippen LogP contribution in [0.4, 0.5) is 11.5 Å². The van der Waals surface area contributed by atoms with Gasteiger partial charge >= 0.3 is 0 Å². The Bertz CT molecular complexity index is 1300. The van der Waals surface area contributed by atoms with E-state index in [4.69, 9.17) is 4.98 Å². The number of anilines is 2. The number of hydrogen-bond acceptors (Lipinski definition) is 4. The number of fused-ring (bicyclic) bond motifs is 3. The molecule has 0 saturated carbocycles. The summed E-state index contributed by atoms with van der Waals surface area (Å²) in [5, 5.41) is 3.47. The van der Waals surface area contributed by atoms with Crippen LogP contribution in [0.25, 0.3) is 23.0 Å². The molecule has 6 rings (SSSR count). The zero-order valence-electron chi connectivity index (χ0n) is 15.1. The lowest BCUT2D eigenvalue weighted by Gasteiger charge is -2.11. The van der Waals surface area contributed by atoms with E-state index in [2.05, 4.69) is 63.8 Å². The minimum absolute atomic E-state index is 0.740. The molecule has 134 valence electrons. The fraction of sp³-hybridized carbons (Fsp3) is 0.0870. The van der Waals surface area contributed by atoms with E-state index in [-0.39, 0.29) is 0 Å². The van der Waals surface area contributed by atoms with Crippen molar-refractivity contribution in [1.82, 2.24) is 14.4 Å². The molecule has 1 aliphatic carbocycles. The lowest BCUT2D eigenvalue weighted by atomic mass is 10.0. The van der Waals surface area contributed by atoms with Crippen LogP contribution in [-0.2, 0) is 13.0 Å². The van der Waals surface area contributed by atoms with E-state index >= 15 is 0 Å². The summed E-state index contributed by atoms with van der Waals surface area (Å²) in [5.74, 6) is 0.751. The number of hydrogen-bond donors (Lipinski definition) is 1. The van der Waals surface area contributed by atoms with Gasteiger partial charge < -0.3 is 9.72 Å². The fourth-order valence-electron chi connectivity index (χ4n) is 3.89. The van der Waals surface area contributed by atoms with Crippen molar-refractivity contribution in [3.8, 4) is 11.3 Å². The van der Waals surface area contributed by atoms with Crippen molar-refractivity contribution < 1.29 is 0 Å². The average molecular weight is 363 g/mol. The molecule has 2 aliphatic rings. The van der Waals surface area contributed by atoms with Crippen molar-refractivity contribution in [2.45, 2.75) is 13.0 Å². The van der Waals surface area contributed by atoms with Crippen LogP contribution in [0.5, 0.6) is 0 Å². The molecule has 28 heavy (non-hydrogen) atoms. The molecule has 2 aromatic carbocycles. The van der Waals surface area contributed by atoms with Gasteiger partial charge in [0.25, 0.3) is 0 Å². The molecule has 0 bridgehead atoms. The lowest BCUT2D eigenvalue weighted by molar-refractivity contribution is 1.10. The summed E-state index contributed by atoms with van der Waals surface area (Å²) in [7, 11) is 0. The molecule has 5 nitrogen and oxygen atoms in total.